The number of fused-ring (bicyclic) bond motifs is 2. The highest BCUT2D eigenvalue weighted by molar-refractivity contribution is 7.98. The van der Waals surface area contributed by atoms with Crippen molar-refractivity contribution >= 4 is 22.9 Å². The molecule has 32 heavy (non-hydrogen) atoms. The predicted molar refractivity (Wildman–Crippen MR) is 121 cm³/mol. The van der Waals surface area contributed by atoms with Crippen LogP contribution in [0.5, 0.6) is 5.75 Å². The van der Waals surface area contributed by atoms with Gasteiger partial charge < -0.3 is 4.74 Å². The molecule has 0 saturated carbocycles. The SMILES string of the molecule is CCOc1ccc(-c2cc3c(=O)[nH]nc(SCc4cc(=O)n5ccccc5n4)n3n2)cc1. The first-order chi connectivity index (χ1) is 15.6. The average Bonchev–Trinajstić information content (AvgIpc) is 3.26. The van der Waals surface area contributed by atoms with Gasteiger partial charge in [0.1, 0.15) is 16.9 Å². The summed E-state index contributed by atoms with van der Waals surface area (Å²) in [5.41, 5.74) is 2.60. The summed E-state index contributed by atoms with van der Waals surface area (Å²) in [6, 6.07) is 16.1. The van der Waals surface area contributed by atoms with Crippen molar-refractivity contribution < 1.29 is 4.74 Å². The Balaban J connectivity index is 1.46. The molecule has 0 spiro atoms. The molecule has 0 fully saturated rings. The second-order valence-electron chi connectivity index (χ2n) is 6.92. The van der Waals surface area contributed by atoms with Crippen molar-refractivity contribution in [3.8, 4) is 17.0 Å². The Morgan fingerprint density at radius 2 is 1.94 bits per heavy atom. The zero-order valence-corrected chi connectivity index (χ0v) is 17.9. The maximum atomic E-state index is 12.3. The van der Waals surface area contributed by atoms with Crippen molar-refractivity contribution in [2.75, 3.05) is 6.61 Å². The van der Waals surface area contributed by atoms with Crippen LogP contribution >= 0.6 is 11.8 Å². The van der Waals surface area contributed by atoms with Crippen LogP contribution in [0.25, 0.3) is 22.4 Å². The van der Waals surface area contributed by atoms with E-state index >= 15 is 0 Å². The van der Waals surface area contributed by atoms with Gasteiger partial charge in [-0.25, -0.2) is 14.6 Å². The Hall–Kier alpha value is -3.92. The van der Waals surface area contributed by atoms with Crippen LogP contribution in [0.4, 0.5) is 0 Å². The monoisotopic (exact) mass is 446 g/mol. The molecule has 1 N–H and O–H groups in total. The molecule has 1 aromatic carbocycles. The van der Waals surface area contributed by atoms with Crippen LogP contribution in [0.1, 0.15) is 12.6 Å². The number of nitrogens with one attached hydrogen (secondary N) is 1. The van der Waals surface area contributed by atoms with Gasteiger partial charge in [-0.05, 0) is 49.4 Å². The molecule has 0 aliphatic carbocycles. The molecule has 0 atom stereocenters. The summed E-state index contributed by atoms with van der Waals surface area (Å²) in [4.78, 5) is 29.2. The van der Waals surface area contributed by atoms with Crippen LogP contribution in [-0.2, 0) is 5.75 Å². The zero-order valence-electron chi connectivity index (χ0n) is 17.1. The number of aromatic nitrogens is 6. The van der Waals surface area contributed by atoms with Gasteiger partial charge in [0.2, 0.25) is 5.16 Å². The number of aromatic amines is 1. The van der Waals surface area contributed by atoms with E-state index < -0.39 is 0 Å². The number of hydrogen-bond acceptors (Lipinski definition) is 7. The lowest BCUT2D eigenvalue weighted by atomic mass is 10.1. The van der Waals surface area contributed by atoms with Crippen molar-refractivity contribution in [1.82, 2.24) is 29.2 Å². The van der Waals surface area contributed by atoms with Gasteiger partial charge in [0, 0.05) is 23.6 Å². The minimum atomic E-state index is -0.332. The van der Waals surface area contributed by atoms with Gasteiger partial charge in [0.25, 0.3) is 11.1 Å². The summed E-state index contributed by atoms with van der Waals surface area (Å²) < 4.78 is 8.48. The Labute approximate surface area is 185 Å². The molecular weight excluding hydrogens is 428 g/mol. The van der Waals surface area contributed by atoms with Crippen LogP contribution in [-0.4, -0.2) is 35.8 Å². The number of rotatable bonds is 6. The number of H-pyrrole nitrogens is 1. The fraction of sp³-hybridized carbons (Fsp3) is 0.136. The first-order valence-electron chi connectivity index (χ1n) is 9.94. The molecule has 4 aromatic heterocycles. The highest BCUT2D eigenvalue weighted by atomic mass is 32.2. The van der Waals surface area contributed by atoms with E-state index in [-0.39, 0.29) is 11.1 Å². The normalized spacial score (nSPS) is 11.3. The van der Waals surface area contributed by atoms with Gasteiger partial charge in [-0.2, -0.15) is 5.10 Å². The first-order valence-corrected chi connectivity index (χ1v) is 10.9. The van der Waals surface area contributed by atoms with E-state index in [4.69, 9.17) is 4.74 Å². The number of benzene rings is 1. The summed E-state index contributed by atoms with van der Waals surface area (Å²) >= 11 is 1.34. The number of nitrogens with zero attached hydrogens (tertiary/aromatic N) is 5. The summed E-state index contributed by atoms with van der Waals surface area (Å²) in [5.74, 6) is 1.17. The third-order valence-corrected chi connectivity index (χ3v) is 5.77. The lowest BCUT2D eigenvalue weighted by Crippen LogP contribution is -2.15. The van der Waals surface area contributed by atoms with Gasteiger partial charge in [-0.1, -0.05) is 17.8 Å². The van der Waals surface area contributed by atoms with E-state index in [1.165, 1.54) is 26.7 Å². The molecule has 0 unspecified atom stereocenters. The van der Waals surface area contributed by atoms with E-state index in [1.807, 2.05) is 37.3 Å². The number of hydrogen-bond donors (Lipinski definition) is 1. The minimum absolute atomic E-state index is 0.150. The largest absolute Gasteiger partial charge is 0.494 e. The van der Waals surface area contributed by atoms with Crippen molar-refractivity contribution in [1.29, 1.82) is 0 Å². The van der Waals surface area contributed by atoms with Crippen LogP contribution in [0.15, 0.2) is 75.5 Å². The standard InChI is InChI=1S/C22H18N6O3S/c1-2-31-16-8-6-14(7-9-16)17-12-18-21(30)24-25-22(28(18)26-17)32-13-15-11-20(29)27-10-4-3-5-19(27)23-15/h3-12H,2,13H2,1H3,(H,24,30). The topological polar surface area (TPSA) is 107 Å². The summed E-state index contributed by atoms with van der Waals surface area (Å²) in [7, 11) is 0. The molecule has 5 rings (SSSR count). The van der Waals surface area contributed by atoms with Gasteiger partial charge in [0.15, 0.2) is 0 Å². The fourth-order valence-electron chi connectivity index (χ4n) is 3.33. The molecule has 4 heterocycles. The molecule has 0 aliphatic rings. The van der Waals surface area contributed by atoms with E-state index in [0.29, 0.717) is 40.1 Å². The van der Waals surface area contributed by atoms with Crippen molar-refractivity contribution in [3.05, 3.63) is 87.2 Å². The molecule has 0 amide bonds. The van der Waals surface area contributed by atoms with Gasteiger partial charge in [0.05, 0.1) is 18.0 Å². The second-order valence-corrected chi connectivity index (χ2v) is 7.87. The smallest absolute Gasteiger partial charge is 0.290 e. The Morgan fingerprint density at radius 1 is 1.09 bits per heavy atom. The third-order valence-electron chi connectivity index (χ3n) is 4.81. The fourth-order valence-corrected chi connectivity index (χ4v) is 4.13. The molecule has 0 aliphatic heterocycles. The Morgan fingerprint density at radius 3 is 2.75 bits per heavy atom. The molecule has 10 heteroatoms. The van der Waals surface area contributed by atoms with Crippen LogP contribution in [0, 0.1) is 0 Å². The van der Waals surface area contributed by atoms with Crippen LogP contribution < -0.4 is 15.9 Å². The van der Waals surface area contributed by atoms with E-state index in [2.05, 4.69) is 20.3 Å². The number of thioether (sulfide) groups is 1. The molecule has 160 valence electrons. The van der Waals surface area contributed by atoms with Gasteiger partial charge in [-0.3, -0.25) is 14.0 Å². The summed E-state index contributed by atoms with van der Waals surface area (Å²) in [6.07, 6.45) is 1.68. The molecule has 9 nitrogen and oxygen atoms in total. The average molecular weight is 446 g/mol. The molecule has 0 radical (unpaired) electrons. The predicted octanol–water partition coefficient (Wildman–Crippen LogP) is 2.78. The van der Waals surface area contributed by atoms with E-state index in [9.17, 15) is 9.59 Å². The Bertz CT molecular complexity index is 1540. The highest BCUT2D eigenvalue weighted by Gasteiger charge is 2.13. The number of ether oxygens (including phenoxy) is 1. The summed E-state index contributed by atoms with van der Waals surface area (Å²) in [6.45, 7) is 2.52. The third kappa shape index (κ3) is 3.76. The first kappa shape index (κ1) is 20.0. The maximum absolute atomic E-state index is 12.3. The molecular formula is C22H18N6O3S. The van der Waals surface area contributed by atoms with E-state index in [0.717, 1.165) is 11.3 Å². The van der Waals surface area contributed by atoms with Crippen LogP contribution in [0.2, 0.25) is 0 Å². The highest BCUT2D eigenvalue weighted by Crippen LogP contribution is 2.24. The molecule has 5 aromatic rings. The van der Waals surface area contributed by atoms with E-state index in [1.54, 1.807) is 24.4 Å². The molecule has 0 saturated heterocycles. The Kier molecular flexibility index (Phi) is 5.20. The minimum Gasteiger partial charge on any atom is -0.494 e. The molecule has 0 bridgehead atoms. The van der Waals surface area contributed by atoms with Gasteiger partial charge >= 0.3 is 0 Å². The lowest BCUT2D eigenvalue weighted by Gasteiger charge is -2.05. The lowest BCUT2D eigenvalue weighted by molar-refractivity contribution is 0.340. The van der Waals surface area contributed by atoms with Crippen LogP contribution in [0.3, 0.4) is 0 Å². The number of pyridine rings is 1. The summed E-state index contributed by atoms with van der Waals surface area (Å²) in [5, 5.41) is 11.7. The van der Waals surface area contributed by atoms with Crippen molar-refractivity contribution in [3.63, 3.8) is 0 Å². The second kappa shape index (κ2) is 8.31. The quantitative estimate of drug-likeness (QED) is 0.400. The maximum Gasteiger partial charge on any atom is 0.290 e. The zero-order chi connectivity index (χ0) is 22.1. The van der Waals surface area contributed by atoms with Crippen molar-refractivity contribution in [2.24, 2.45) is 0 Å². The van der Waals surface area contributed by atoms with Gasteiger partial charge in [-0.15, -0.1) is 5.10 Å². The van der Waals surface area contributed by atoms with Crippen molar-refractivity contribution in [2.45, 2.75) is 17.8 Å².